The number of fused-ring (bicyclic) bond motifs is 1. The fourth-order valence-corrected chi connectivity index (χ4v) is 3.33. The first-order valence-corrected chi connectivity index (χ1v) is 6.59. The molecule has 0 aliphatic carbocycles. The smallest absolute Gasteiger partial charge is 0.136 e. The first kappa shape index (κ1) is 11.0. The van der Waals surface area contributed by atoms with Gasteiger partial charge in [-0.15, -0.1) is 11.3 Å². The van der Waals surface area contributed by atoms with Crippen LogP contribution >= 0.6 is 11.3 Å². The first-order chi connectivity index (χ1) is 8.38. The molecule has 0 radical (unpaired) electrons. The van der Waals surface area contributed by atoms with E-state index in [1.54, 1.807) is 18.4 Å². The Balaban J connectivity index is 2.00. The van der Waals surface area contributed by atoms with Crippen LogP contribution < -0.4 is 10.1 Å². The van der Waals surface area contributed by atoms with Crippen molar-refractivity contribution in [3.63, 3.8) is 0 Å². The second kappa shape index (κ2) is 4.64. The van der Waals surface area contributed by atoms with Gasteiger partial charge in [-0.05, 0) is 17.5 Å². The van der Waals surface area contributed by atoms with E-state index in [4.69, 9.17) is 9.47 Å². The average molecular weight is 249 g/mol. The van der Waals surface area contributed by atoms with Gasteiger partial charge in [0.25, 0.3) is 0 Å². The molecule has 1 N–H and O–H groups in total. The molecule has 1 fully saturated rings. The molecule has 1 unspecified atom stereocenters. The second-order valence-electron chi connectivity index (χ2n) is 4.09. The van der Waals surface area contributed by atoms with Crippen LogP contribution in [0.25, 0.3) is 10.1 Å². The quantitative estimate of drug-likeness (QED) is 0.887. The molecule has 0 saturated carbocycles. The summed E-state index contributed by atoms with van der Waals surface area (Å²) in [5.41, 5.74) is 0. The summed E-state index contributed by atoms with van der Waals surface area (Å²) in [5.74, 6) is 0.947. The molecule has 2 aromatic rings. The van der Waals surface area contributed by atoms with E-state index < -0.39 is 0 Å². The number of methoxy groups -OCH3 is 1. The van der Waals surface area contributed by atoms with Crippen molar-refractivity contribution in [2.45, 2.75) is 6.10 Å². The third-order valence-corrected chi connectivity index (χ3v) is 4.25. The lowest BCUT2D eigenvalue weighted by Gasteiger charge is -2.22. The second-order valence-corrected chi connectivity index (χ2v) is 5.17. The van der Waals surface area contributed by atoms with Crippen molar-refractivity contribution in [3.05, 3.63) is 29.1 Å². The Kier molecular flexibility index (Phi) is 3.01. The van der Waals surface area contributed by atoms with Gasteiger partial charge in [-0.2, -0.15) is 0 Å². The van der Waals surface area contributed by atoms with E-state index in [1.807, 2.05) is 12.1 Å². The molecule has 1 aliphatic heterocycles. The third-order valence-electron chi connectivity index (χ3n) is 2.99. The summed E-state index contributed by atoms with van der Waals surface area (Å²) >= 11 is 1.76. The van der Waals surface area contributed by atoms with Gasteiger partial charge in [0.2, 0.25) is 0 Å². The summed E-state index contributed by atoms with van der Waals surface area (Å²) in [6.07, 6.45) is 0.186. The normalized spacial score (nSPS) is 20.6. The SMILES string of the molecule is COc1cccc2cc(C3CNCCO3)sc12. The van der Waals surface area contributed by atoms with E-state index in [9.17, 15) is 0 Å². The van der Waals surface area contributed by atoms with Gasteiger partial charge in [0.05, 0.1) is 18.4 Å². The van der Waals surface area contributed by atoms with Gasteiger partial charge in [-0.1, -0.05) is 12.1 Å². The van der Waals surface area contributed by atoms with E-state index in [0.717, 1.165) is 25.4 Å². The van der Waals surface area contributed by atoms with Crippen LogP contribution in [-0.2, 0) is 4.74 Å². The fourth-order valence-electron chi connectivity index (χ4n) is 2.12. The van der Waals surface area contributed by atoms with Crippen LogP contribution in [0.3, 0.4) is 0 Å². The molecule has 3 rings (SSSR count). The predicted molar refractivity (Wildman–Crippen MR) is 69.9 cm³/mol. The highest BCUT2D eigenvalue weighted by atomic mass is 32.1. The van der Waals surface area contributed by atoms with Gasteiger partial charge in [-0.3, -0.25) is 0 Å². The minimum absolute atomic E-state index is 0.186. The molecule has 3 nitrogen and oxygen atoms in total. The molecule has 90 valence electrons. The van der Waals surface area contributed by atoms with E-state index in [0.29, 0.717) is 0 Å². The average Bonchev–Trinajstić information content (AvgIpc) is 2.83. The minimum Gasteiger partial charge on any atom is -0.495 e. The number of morpholine rings is 1. The largest absolute Gasteiger partial charge is 0.495 e. The van der Waals surface area contributed by atoms with E-state index in [2.05, 4.69) is 17.4 Å². The van der Waals surface area contributed by atoms with E-state index in [1.165, 1.54) is 15.0 Å². The zero-order chi connectivity index (χ0) is 11.7. The maximum Gasteiger partial charge on any atom is 0.136 e. The lowest BCUT2D eigenvalue weighted by molar-refractivity contribution is 0.0300. The Labute approximate surface area is 104 Å². The number of hydrogen-bond donors (Lipinski definition) is 1. The van der Waals surface area contributed by atoms with Crippen molar-refractivity contribution in [1.82, 2.24) is 5.32 Å². The van der Waals surface area contributed by atoms with Crippen LogP contribution in [0.1, 0.15) is 11.0 Å². The topological polar surface area (TPSA) is 30.5 Å². The van der Waals surface area contributed by atoms with E-state index >= 15 is 0 Å². The Hall–Kier alpha value is -1.10. The zero-order valence-corrected chi connectivity index (χ0v) is 10.5. The highest BCUT2D eigenvalue weighted by molar-refractivity contribution is 7.19. The van der Waals surface area contributed by atoms with Crippen LogP contribution in [-0.4, -0.2) is 26.8 Å². The monoisotopic (exact) mass is 249 g/mol. The number of rotatable bonds is 2. The molecule has 1 atom stereocenters. The van der Waals surface area contributed by atoms with Crippen LogP contribution in [0, 0.1) is 0 Å². The van der Waals surface area contributed by atoms with Crippen LogP contribution in [0.15, 0.2) is 24.3 Å². The zero-order valence-electron chi connectivity index (χ0n) is 9.73. The lowest BCUT2D eigenvalue weighted by atomic mass is 10.2. The first-order valence-electron chi connectivity index (χ1n) is 5.77. The summed E-state index contributed by atoms with van der Waals surface area (Å²) in [6, 6.07) is 8.36. The highest BCUT2D eigenvalue weighted by Gasteiger charge is 2.18. The fraction of sp³-hybridized carbons (Fsp3) is 0.385. The summed E-state index contributed by atoms with van der Waals surface area (Å²) < 4.78 is 12.4. The Bertz CT molecular complexity index is 517. The maximum atomic E-state index is 5.77. The van der Waals surface area contributed by atoms with Crippen LogP contribution in [0.5, 0.6) is 5.75 Å². The standard InChI is InChI=1S/C13H15NO2S/c1-15-10-4-2-3-9-7-12(17-13(9)10)11-8-14-5-6-16-11/h2-4,7,11,14H,5-6,8H2,1H3. The van der Waals surface area contributed by atoms with Crippen molar-refractivity contribution in [1.29, 1.82) is 0 Å². The molecule has 4 heteroatoms. The summed E-state index contributed by atoms with van der Waals surface area (Å²) in [5, 5.41) is 4.59. The number of nitrogens with one attached hydrogen (secondary N) is 1. The van der Waals surface area contributed by atoms with Crippen molar-refractivity contribution in [3.8, 4) is 5.75 Å². The Morgan fingerprint density at radius 2 is 2.41 bits per heavy atom. The van der Waals surface area contributed by atoms with Crippen molar-refractivity contribution in [2.75, 3.05) is 26.8 Å². The summed E-state index contributed by atoms with van der Waals surface area (Å²) in [7, 11) is 1.72. The predicted octanol–water partition coefficient (Wildman–Crippen LogP) is 2.57. The van der Waals surface area contributed by atoms with Gasteiger partial charge in [0.1, 0.15) is 11.9 Å². The number of hydrogen-bond acceptors (Lipinski definition) is 4. The third kappa shape index (κ3) is 2.04. The molecule has 17 heavy (non-hydrogen) atoms. The molecule has 1 aromatic heterocycles. The molecule has 1 saturated heterocycles. The molecular formula is C13H15NO2S. The molecule has 0 amide bonds. The van der Waals surface area contributed by atoms with Crippen molar-refractivity contribution >= 4 is 21.4 Å². The number of ether oxygens (including phenoxy) is 2. The van der Waals surface area contributed by atoms with Gasteiger partial charge in [0, 0.05) is 18.0 Å². The summed E-state index contributed by atoms with van der Waals surface area (Å²) in [4.78, 5) is 1.27. The van der Waals surface area contributed by atoms with Crippen molar-refractivity contribution < 1.29 is 9.47 Å². The molecular weight excluding hydrogens is 234 g/mol. The van der Waals surface area contributed by atoms with Gasteiger partial charge in [0.15, 0.2) is 0 Å². The van der Waals surface area contributed by atoms with Gasteiger partial charge < -0.3 is 14.8 Å². The lowest BCUT2D eigenvalue weighted by Crippen LogP contribution is -2.32. The minimum atomic E-state index is 0.186. The van der Waals surface area contributed by atoms with Gasteiger partial charge >= 0.3 is 0 Å². The van der Waals surface area contributed by atoms with E-state index in [-0.39, 0.29) is 6.10 Å². The maximum absolute atomic E-state index is 5.77. The number of benzene rings is 1. The number of thiophene rings is 1. The Morgan fingerprint density at radius 1 is 1.47 bits per heavy atom. The van der Waals surface area contributed by atoms with Crippen LogP contribution in [0.4, 0.5) is 0 Å². The molecule has 1 aromatic carbocycles. The molecule has 0 spiro atoms. The summed E-state index contributed by atoms with van der Waals surface area (Å²) in [6.45, 7) is 2.63. The van der Waals surface area contributed by atoms with Crippen LogP contribution in [0.2, 0.25) is 0 Å². The van der Waals surface area contributed by atoms with Crippen molar-refractivity contribution in [2.24, 2.45) is 0 Å². The molecule has 2 heterocycles. The van der Waals surface area contributed by atoms with Gasteiger partial charge in [-0.25, -0.2) is 0 Å². The Morgan fingerprint density at radius 3 is 3.18 bits per heavy atom. The molecule has 0 bridgehead atoms. The molecule has 1 aliphatic rings. The highest BCUT2D eigenvalue weighted by Crippen LogP contribution is 2.37.